The Morgan fingerprint density at radius 3 is 2.39 bits per heavy atom. The van der Waals surface area contributed by atoms with Crippen molar-refractivity contribution < 1.29 is 14.6 Å². The topological polar surface area (TPSA) is 64.7 Å². The average Bonchev–Trinajstić information content (AvgIpc) is 2.70. The number of aryl methyl sites for hydroxylation is 1. The Hall–Kier alpha value is -1.26. The van der Waals surface area contributed by atoms with Crippen molar-refractivity contribution in [1.29, 1.82) is 0 Å². The van der Waals surface area contributed by atoms with Gasteiger partial charge in [-0.1, -0.05) is 65.9 Å². The zero-order valence-corrected chi connectivity index (χ0v) is 18.8. The fourth-order valence-corrected chi connectivity index (χ4v) is 3.44. The zero-order valence-electron chi connectivity index (χ0n) is 18.8. The van der Waals surface area contributed by atoms with Crippen molar-refractivity contribution in [1.82, 2.24) is 0 Å². The van der Waals surface area contributed by atoms with E-state index in [0.29, 0.717) is 0 Å². The molecule has 0 bridgehead atoms. The minimum Gasteiger partial charge on any atom is -0.493 e. The first-order chi connectivity index (χ1) is 13.4. The highest BCUT2D eigenvalue weighted by Gasteiger charge is 2.29. The van der Waals surface area contributed by atoms with Crippen LogP contribution in [0.25, 0.3) is 0 Å². The van der Waals surface area contributed by atoms with Gasteiger partial charge in [-0.15, -0.1) is 0 Å². The number of unbranched alkanes of at least 4 members (excludes halogenated alkanes) is 3. The van der Waals surface area contributed by atoms with Gasteiger partial charge in [0.15, 0.2) is 11.5 Å². The van der Waals surface area contributed by atoms with Crippen LogP contribution in [0, 0.1) is 11.8 Å². The number of aliphatic hydroxyl groups excluding tert-OH is 1. The van der Waals surface area contributed by atoms with Gasteiger partial charge in [0.2, 0.25) is 0 Å². The lowest BCUT2D eigenvalue weighted by Crippen LogP contribution is -2.49. The minimum atomic E-state index is -0.535. The second-order valence-corrected chi connectivity index (χ2v) is 8.63. The van der Waals surface area contributed by atoms with Gasteiger partial charge in [-0.2, -0.15) is 0 Å². The highest BCUT2D eigenvalue weighted by molar-refractivity contribution is 5.43. The Labute approximate surface area is 172 Å². The first-order valence-electron chi connectivity index (χ1n) is 11.1. The summed E-state index contributed by atoms with van der Waals surface area (Å²) in [5.74, 6) is 2.65. The molecule has 1 aromatic rings. The second kappa shape index (κ2) is 13.1. The van der Waals surface area contributed by atoms with Crippen LogP contribution in [0.4, 0.5) is 0 Å². The summed E-state index contributed by atoms with van der Waals surface area (Å²) in [6, 6.07) is 6.11. The van der Waals surface area contributed by atoms with Crippen LogP contribution in [0.5, 0.6) is 11.5 Å². The fourth-order valence-electron chi connectivity index (χ4n) is 3.44. The molecule has 1 aromatic carbocycles. The summed E-state index contributed by atoms with van der Waals surface area (Å²) in [4.78, 5) is 0. The predicted molar refractivity (Wildman–Crippen MR) is 118 cm³/mol. The van der Waals surface area contributed by atoms with Crippen molar-refractivity contribution in [2.75, 3.05) is 20.3 Å². The van der Waals surface area contributed by atoms with Gasteiger partial charge >= 0.3 is 0 Å². The molecule has 1 rings (SSSR count). The molecule has 4 nitrogen and oxygen atoms in total. The van der Waals surface area contributed by atoms with Crippen LogP contribution in [0.3, 0.4) is 0 Å². The van der Waals surface area contributed by atoms with E-state index in [1.54, 1.807) is 7.11 Å². The highest BCUT2D eigenvalue weighted by Crippen LogP contribution is 2.30. The standard InChI is InChI=1S/C24H43NO3/c1-6-20(4)24(25,18-26)15-14-21-12-13-22(23(17-21)27-5)28-16-10-8-7-9-11-19(2)3/h12-13,17,19-20,26H,6-11,14-16,18,25H2,1-5H3. The monoisotopic (exact) mass is 393 g/mol. The van der Waals surface area contributed by atoms with Crippen LogP contribution in [-0.4, -0.2) is 31.0 Å². The highest BCUT2D eigenvalue weighted by atomic mass is 16.5. The van der Waals surface area contributed by atoms with Crippen molar-refractivity contribution in [3.05, 3.63) is 23.8 Å². The maximum absolute atomic E-state index is 9.74. The number of hydrogen-bond donors (Lipinski definition) is 2. The molecule has 0 aliphatic carbocycles. The lowest BCUT2D eigenvalue weighted by molar-refractivity contribution is 0.136. The number of ether oxygens (including phenoxy) is 2. The van der Waals surface area contributed by atoms with Gasteiger partial charge in [-0.25, -0.2) is 0 Å². The summed E-state index contributed by atoms with van der Waals surface area (Å²) in [6.45, 7) is 9.51. The molecule has 0 aliphatic rings. The first-order valence-corrected chi connectivity index (χ1v) is 11.1. The molecule has 2 unspecified atom stereocenters. The third-order valence-electron chi connectivity index (χ3n) is 5.93. The molecule has 0 aromatic heterocycles. The van der Waals surface area contributed by atoms with Crippen LogP contribution in [-0.2, 0) is 6.42 Å². The molecule has 162 valence electrons. The van der Waals surface area contributed by atoms with E-state index in [4.69, 9.17) is 15.2 Å². The lowest BCUT2D eigenvalue weighted by atomic mass is 9.80. The van der Waals surface area contributed by atoms with E-state index in [1.807, 2.05) is 12.1 Å². The SMILES string of the molecule is CCC(C)C(N)(CO)CCc1ccc(OCCCCCCC(C)C)c(OC)c1. The number of benzene rings is 1. The average molecular weight is 394 g/mol. The number of methoxy groups -OCH3 is 1. The third-order valence-corrected chi connectivity index (χ3v) is 5.93. The van der Waals surface area contributed by atoms with Crippen molar-refractivity contribution >= 4 is 0 Å². The molecule has 28 heavy (non-hydrogen) atoms. The third kappa shape index (κ3) is 8.40. The largest absolute Gasteiger partial charge is 0.493 e. The van der Waals surface area contributed by atoms with Gasteiger partial charge in [-0.3, -0.25) is 0 Å². The normalized spacial score (nSPS) is 14.7. The van der Waals surface area contributed by atoms with Gasteiger partial charge in [0.05, 0.1) is 20.3 Å². The Bertz CT molecular complexity index is 547. The summed E-state index contributed by atoms with van der Waals surface area (Å²) < 4.78 is 11.5. The van der Waals surface area contributed by atoms with E-state index in [2.05, 4.69) is 33.8 Å². The zero-order chi connectivity index (χ0) is 21.0. The van der Waals surface area contributed by atoms with Crippen LogP contribution >= 0.6 is 0 Å². The van der Waals surface area contributed by atoms with Gasteiger partial charge < -0.3 is 20.3 Å². The number of rotatable bonds is 15. The van der Waals surface area contributed by atoms with Gasteiger partial charge in [0, 0.05) is 5.54 Å². The van der Waals surface area contributed by atoms with Crippen LogP contribution in [0.2, 0.25) is 0 Å². The smallest absolute Gasteiger partial charge is 0.161 e. The number of hydrogen-bond acceptors (Lipinski definition) is 4. The maximum atomic E-state index is 9.74. The summed E-state index contributed by atoms with van der Waals surface area (Å²) >= 11 is 0. The van der Waals surface area contributed by atoms with Crippen LogP contribution < -0.4 is 15.2 Å². The van der Waals surface area contributed by atoms with Crippen molar-refractivity contribution in [2.24, 2.45) is 17.6 Å². The molecular formula is C24H43NO3. The van der Waals surface area contributed by atoms with Gasteiger partial charge in [-0.05, 0) is 48.8 Å². The molecule has 0 aliphatic heterocycles. The molecule has 0 saturated heterocycles. The Kier molecular flexibility index (Phi) is 11.6. The maximum Gasteiger partial charge on any atom is 0.161 e. The molecule has 2 atom stereocenters. The summed E-state index contributed by atoms with van der Waals surface area (Å²) in [5.41, 5.74) is 7.05. The second-order valence-electron chi connectivity index (χ2n) is 8.63. The Morgan fingerprint density at radius 1 is 1.07 bits per heavy atom. The van der Waals surface area contributed by atoms with Crippen molar-refractivity contribution in [3.63, 3.8) is 0 Å². The Balaban J connectivity index is 2.50. The summed E-state index contributed by atoms with van der Waals surface area (Å²) in [5, 5.41) is 9.74. The predicted octanol–water partition coefficient (Wildman–Crippen LogP) is 5.35. The van der Waals surface area contributed by atoms with E-state index >= 15 is 0 Å². The van der Waals surface area contributed by atoms with E-state index in [-0.39, 0.29) is 12.5 Å². The quantitative estimate of drug-likeness (QED) is 0.394. The summed E-state index contributed by atoms with van der Waals surface area (Å²) in [6.07, 6.45) is 8.71. The van der Waals surface area contributed by atoms with Crippen LogP contribution in [0.1, 0.15) is 78.2 Å². The van der Waals surface area contributed by atoms with Crippen LogP contribution in [0.15, 0.2) is 18.2 Å². The molecule has 4 heteroatoms. The Morgan fingerprint density at radius 2 is 1.79 bits per heavy atom. The van der Waals surface area contributed by atoms with Gasteiger partial charge in [0.1, 0.15) is 0 Å². The number of nitrogens with two attached hydrogens (primary N) is 1. The first kappa shape index (κ1) is 24.8. The molecule has 0 spiro atoms. The molecule has 0 heterocycles. The summed E-state index contributed by atoms with van der Waals surface area (Å²) in [7, 11) is 1.68. The minimum absolute atomic E-state index is 0.0114. The molecule has 0 radical (unpaired) electrons. The molecule has 0 saturated carbocycles. The molecule has 3 N–H and O–H groups in total. The van der Waals surface area contributed by atoms with E-state index in [0.717, 1.165) is 55.3 Å². The van der Waals surface area contributed by atoms with E-state index in [9.17, 15) is 5.11 Å². The van der Waals surface area contributed by atoms with Crippen molar-refractivity contribution in [2.45, 2.75) is 84.6 Å². The van der Waals surface area contributed by atoms with E-state index < -0.39 is 5.54 Å². The molecule has 0 amide bonds. The van der Waals surface area contributed by atoms with Gasteiger partial charge in [0.25, 0.3) is 0 Å². The number of aliphatic hydroxyl groups is 1. The fraction of sp³-hybridized carbons (Fsp3) is 0.750. The van der Waals surface area contributed by atoms with E-state index in [1.165, 1.54) is 25.7 Å². The molecule has 0 fully saturated rings. The van der Waals surface area contributed by atoms with Crippen molar-refractivity contribution in [3.8, 4) is 11.5 Å². The lowest BCUT2D eigenvalue weighted by Gasteiger charge is -2.33. The molecular weight excluding hydrogens is 350 g/mol.